The van der Waals surface area contributed by atoms with E-state index in [1.807, 2.05) is 0 Å². The maximum absolute atomic E-state index is 13.4. The fraction of sp³-hybridized carbons (Fsp3) is 0.360. The molecule has 0 N–H and O–H groups in total. The lowest BCUT2D eigenvalue weighted by Gasteiger charge is -2.30. The number of amides is 3. The number of nitrogens with zero attached hydrogens (tertiary/aromatic N) is 2. The molecular formula is C25H25ClN2O6. The second kappa shape index (κ2) is 10.4. The minimum Gasteiger partial charge on any atom is -0.427 e. The van der Waals surface area contributed by atoms with E-state index in [2.05, 4.69) is 0 Å². The van der Waals surface area contributed by atoms with Crippen LogP contribution in [0.3, 0.4) is 0 Å². The SMILES string of the molecule is CC(=O)Oc1ccc(N2C(=O)CC(N(CC3CCCO3)C(=O)Cc3ccc(Cl)cc3)C2=O)cc1. The number of carbonyl (C=O) groups excluding carboxylic acids is 4. The summed E-state index contributed by atoms with van der Waals surface area (Å²) in [5, 5.41) is 0.569. The van der Waals surface area contributed by atoms with Crippen LogP contribution >= 0.6 is 11.6 Å². The van der Waals surface area contributed by atoms with E-state index < -0.39 is 23.8 Å². The molecule has 34 heavy (non-hydrogen) atoms. The zero-order chi connectivity index (χ0) is 24.2. The van der Waals surface area contributed by atoms with E-state index in [1.165, 1.54) is 36.1 Å². The van der Waals surface area contributed by atoms with Crippen molar-refractivity contribution in [3.05, 3.63) is 59.1 Å². The van der Waals surface area contributed by atoms with E-state index in [0.29, 0.717) is 23.1 Å². The van der Waals surface area contributed by atoms with E-state index >= 15 is 0 Å². The summed E-state index contributed by atoms with van der Waals surface area (Å²) in [6.45, 7) is 2.15. The number of esters is 1. The van der Waals surface area contributed by atoms with E-state index in [9.17, 15) is 19.2 Å². The Morgan fingerprint density at radius 1 is 1.12 bits per heavy atom. The van der Waals surface area contributed by atoms with Crippen molar-refractivity contribution in [2.45, 2.75) is 44.8 Å². The first-order valence-electron chi connectivity index (χ1n) is 11.1. The first kappa shape index (κ1) is 23.9. The van der Waals surface area contributed by atoms with E-state index in [0.717, 1.165) is 23.3 Å². The minimum atomic E-state index is -0.912. The lowest BCUT2D eigenvalue weighted by Crippen LogP contribution is -2.49. The predicted octanol–water partition coefficient (Wildman–Crippen LogP) is 3.15. The first-order valence-corrected chi connectivity index (χ1v) is 11.5. The van der Waals surface area contributed by atoms with Gasteiger partial charge in [-0.15, -0.1) is 0 Å². The zero-order valence-corrected chi connectivity index (χ0v) is 19.5. The molecule has 0 saturated carbocycles. The fourth-order valence-electron chi connectivity index (χ4n) is 4.25. The molecule has 2 aliphatic rings. The standard InChI is InChI=1S/C25H25ClN2O6/c1-16(29)34-20-10-8-19(9-11-20)28-24(31)14-22(25(28)32)27(15-21-3-2-12-33-21)23(30)13-17-4-6-18(26)7-5-17/h4-11,21-22H,2-3,12-15H2,1H3. The van der Waals surface area contributed by atoms with Gasteiger partial charge in [-0.25, -0.2) is 4.90 Å². The van der Waals surface area contributed by atoms with Gasteiger partial charge in [0.25, 0.3) is 5.91 Å². The summed E-state index contributed by atoms with van der Waals surface area (Å²) in [7, 11) is 0. The van der Waals surface area contributed by atoms with Crippen molar-refractivity contribution < 1.29 is 28.7 Å². The van der Waals surface area contributed by atoms with Crippen molar-refractivity contribution in [1.29, 1.82) is 0 Å². The number of hydrogen-bond acceptors (Lipinski definition) is 6. The van der Waals surface area contributed by atoms with Crippen LogP contribution in [-0.4, -0.2) is 53.9 Å². The summed E-state index contributed by atoms with van der Waals surface area (Å²) in [6.07, 6.45) is 1.49. The Hall–Kier alpha value is -3.23. The molecule has 0 aliphatic carbocycles. The van der Waals surface area contributed by atoms with Gasteiger partial charge in [0.05, 0.1) is 24.6 Å². The maximum Gasteiger partial charge on any atom is 0.308 e. The Morgan fingerprint density at radius 2 is 1.82 bits per heavy atom. The molecule has 2 saturated heterocycles. The number of rotatable bonds is 7. The number of imide groups is 1. The normalized spacial score (nSPS) is 20.0. The molecule has 2 unspecified atom stereocenters. The molecule has 0 aromatic heterocycles. The first-order chi connectivity index (χ1) is 16.3. The summed E-state index contributed by atoms with van der Waals surface area (Å²) in [5.41, 5.74) is 1.12. The third-order valence-electron chi connectivity index (χ3n) is 5.87. The van der Waals surface area contributed by atoms with Crippen molar-refractivity contribution in [1.82, 2.24) is 4.90 Å². The van der Waals surface area contributed by atoms with Crippen LogP contribution in [-0.2, 0) is 30.3 Å². The summed E-state index contributed by atoms with van der Waals surface area (Å²) in [6, 6.07) is 12.1. The maximum atomic E-state index is 13.4. The monoisotopic (exact) mass is 484 g/mol. The molecule has 9 heteroatoms. The van der Waals surface area contributed by atoms with Crippen LogP contribution in [0.15, 0.2) is 48.5 Å². The Morgan fingerprint density at radius 3 is 2.44 bits per heavy atom. The summed E-state index contributed by atoms with van der Waals surface area (Å²) in [5.74, 6) is -1.27. The van der Waals surface area contributed by atoms with Crippen molar-refractivity contribution in [2.75, 3.05) is 18.1 Å². The molecule has 4 rings (SSSR count). The van der Waals surface area contributed by atoms with Crippen LogP contribution in [0, 0.1) is 0 Å². The molecule has 2 aliphatic heterocycles. The van der Waals surface area contributed by atoms with Crippen LogP contribution in [0.5, 0.6) is 5.75 Å². The topological polar surface area (TPSA) is 93.2 Å². The minimum absolute atomic E-state index is 0.0823. The highest BCUT2D eigenvalue weighted by Gasteiger charge is 2.45. The van der Waals surface area contributed by atoms with Crippen LogP contribution in [0.4, 0.5) is 5.69 Å². The number of ether oxygens (including phenoxy) is 2. The lowest BCUT2D eigenvalue weighted by molar-refractivity contribution is -0.139. The largest absolute Gasteiger partial charge is 0.427 e. The Balaban J connectivity index is 1.54. The Kier molecular flexibility index (Phi) is 7.29. The molecule has 2 atom stereocenters. The van der Waals surface area contributed by atoms with Crippen LogP contribution < -0.4 is 9.64 Å². The average molecular weight is 485 g/mol. The molecule has 2 aromatic rings. The second-order valence-electron chi connectivity index (χ2n) is 8.36. The third-order valence-corrected chi connectivity index (χ3v) is 6.12. The fourth-order valence-corrected chi connectivity index (χ4v) is 4.37. The van der Waals surface area contributed by atoms with Crippen molar-refractivity contribution >= 4 is 41.0 Å². The molecule has 0 spiro atoms. The number of benzene rings is 2. The summed E-state index contributed by atoms with van der Waals surface area (Å²) < 4.78 is 10.7. The number of halogens is 1. The molecule has 2 heterocycles. The van der Waals surface area contributed by atoms with Gasteiger partial charge in [-0.3, -0.25) is 19.2 Å². The van der Waals surface area contributed by atoms with E-state index in [4.69, 9.17) is 21.1 Å². The number of carbonyl (C=O) groups is 4. The molecule has 0 radical (unpaired) electrons. The molecular weight excluding hydrogens is 460 g/mol. The van der Waals surface area contributed by atoms with Gasteiger partial charge in [0.15, 0.2) is 0 Å². The van der Waals surface area contributed by atoms with Gasteiger partial charge >= 0.3 is 5.97 Å². The van der Waals surface area contributed by atoms with Gasteiger partial charge in [-0.2, -0.15) is 0 Å². The summed E-state index contributed by atoms with van der Waals surface area (Å²) in [4.78, 5) is 53.2. The van der Waals surface area contributed by atoms with Crippen molar-refractivity contribution in [3.63, 3.8) is 0 Å². The quantitative estimate of drug-likeness (QED) is 0.340. The highest BCUT2D eigenvalue weighted by Crippen LogP contribution is 2.29. The molecule has 178 valence electrons. The van der Waals surface area contributed by atoms with Gasteiger partial charge in [-0.05, 0) is 54.8 Å². The smallest absolute Gasteiger partial charge is 0.308 e. The van der Waals surface area contributed by atoms with Gasteiger partial charge in [-0.1, -0.05) is 23.7 Å². The van der Waals surface area contributed by atoms with Gasteiger partial charge < -0.3 is 14.4 Å². The van der Waals surface area contributed by atoms with Crippen LogP contribution in [0.25, 0.3) is 0 Å². The highest BCUT2D eigenvalue weighted by atomic mass is 35.5. The van der Waals surface area contributed by atoms with E-state index in [1.54, 1.807) is 24.3 Å². The van der Waals surface area contributed by atoms with E-state index in [-0.39, 0.29) is 31.4 Å². The predicted molar refractivity (Wildman–Crippen MR) is 124 cm³/mol. The number of hydrogen-bond donors (Lipinski definition) is 0. The average Bonchev–Trinajstić information content (AvgIpc) is 3.41. The third kappa shape index (κ3) is 5.46. The molecule has 8 nitrogen and oxygen atoms in total. The Labute approximate surface area is 202 Å². The van der Waals surface area contributed by atoms with Crippen molar-refractivity contribution in [2.24, 2.45) is 0 Å². The van der Waals surface area contributed by atoms with Gasteiger partial charge in [0.1, 0.15) is 11.8 Å². The number of anilines is 1. The molecule has 2 fully saturated rings. The molecule has 3 amide bonds. The van der Waals surface area contributed by atoms with Crippen LogP contribution in [0.2, 0.25) is 5.02 Å². The Bertz CT molecular complexity index is 1080. The van der Waals surface area contributed by atoms with Crippen LogP contribution in [0.1, 0.15) is 31.7 Å². The molecule has 0 bridgehead atoms. The second-order valence-corrected chi connectivity index (χ2v) is 8.80. The molecule has 2 aromatic carbocycles. The highest BCUT2D eigenvalue weighted by molar-refractivity contribution is 6.30. The van der Waals surface area contributed by atoms with Crippen molar-refractivity contribution in [3.8, 4) is 5.75 Å². The lowest BCUT2D eigenvalue weighted by atomic mass is 10.1. The van der Waals surface area contributed by atoms with Gasteiger partial charge in [0.2, 0.25) is 11.8 Å². The zero-order valence-electron chi connectivity index (χ0n) is 18.7. The van der Waals surface area contributed by atoms with Gasteiger partial charge in [0, 0.05) is 25.1 Å². The summed E-state index contributed by atoms with van der Waals surface area (Å²) >= 11 is 5.95.